The Morgan fingerprint density at radius 3 is 2.15 bits per heavy atom. The second-order valence-corrected chi connectivity index (χ2v) is 8.58. The molecule has 0 aliphatic heterocycles. The molecule has 1 atom stereocenters. The molecule has 0 radical (unpaired) electrons. The predicted molar refractivity (Wildman–Crippen MR) is 96.6 cm³/mol. The van der Waals surface area contributed by atoms with E-state index >= 15 is 0 Å². The van der Waals surface area contributed by atoms with E-state index in [9.17, 15) is 18.0 Å². The zero-order valence-corrected chi connectivity index (χ0v) is 15.5. The van der Waals surface area contributed by atoms with Crippen LogP contribution in [-0.4, -0.2) is 37.2 Å². The van der Waals surface area contributed by atoms with Crippen molar-refractivity contribution in [2.45, 2.75) is 27.7 Å². The van der Waals surface area contributed by atoms with Crippen molar-refractivity contribution in [3.63, 3.8) is 0 Å². The number of hydroxylamine groups is 1. The highest BCUT2D eigenvalue weighted by Gasteiger charge is 2.27. The maximum atomic E-state index is 12.5. The van der Waals surface area contributed by atoms with Crippen LogP contribution in [-0.2, 0) is 19.4 Å². The van der Waals surface area contributed by atoms with Crippen molar-refractivity contribution in [1.29, 1.82) is 0 Å². The van der Waals surface area contributed by atoms with Crippen LogP contribution in [0.5, 0.6) is 0 Å². The fourth-order valence-electron chi connectivity index (χ4n) is 2.16. The van der Waals surface area contributed by atoms with E-state index < -0.39 is 33.4 Å². The van der Waals surface area contributed by atoms with E-state index in [0.717, 1.165) is 16.7 Å². The van der Waals surface area contributed by atoms with Gasteiger partial charge in [0.2, 0.25) is 5.91 Å². The van der Waals surface area contributed by atoms with Gasteiger partial charge in [0, 0.05) is 16.7 Å². The Bertz CT molecular complexity index is 868. The maximum absolute atomic E-state index is 12.5. The summed E-state index contributed by atoms with van der Waals surface area (Å²) in [5, 5.41) is 10.9. The SMILES string of the molecule is CC(=O)NC(CS(=O)(=O)c1ccc(Sc2ccccc2)cc1)C(=O)NO. The number of nitrogens with one attached hydrogen (secondary N) is 2. The van der Waals surface area contributed by atoms with Crippen LogP contribution < -0.4 is 10.8 Å². The van der Waals surface area contributed by atoms with Crippen molar-refractivity contribution >= 4 is 33.4 Å². The summed E-state index contributed by atoms with van der Waals surface area (Å²) in [6.45, 7) is 1.15. The highest BCUT2D eigenvalue weighted by molar-refractivity contribution is 7.99. The van der Waals surface area contributed by atoms with E-state index in [2.05, 4.69) is 5.32 Å². The summed E-state index contributed by atoms with van der Waals surface area (Å²) in [7, 11) is -3.85. The normalized spacial score (nSPS) is 12.2. The molecule has 2 amide bonds. The number of hydrogen-bond acceptors (Lipinski definition) is 6. The molecule has 138 valence electrons. The van der Waals surface area contributed by atoms with Gasteiger partial charge in [-0.1, -0.05) is 30.0 Å². The summed E-state index contributed by atoms with van der Waals surface area (Å²) < 4.78 is 25.0. The Morgan fingerprint density at radius 1 is 1.04 bits per heavy atom. The van der Waals surface area contributed by atoms with Crippen molar-refractivity contribution in [3.05, 3.63) is 54.6 Å². The molecule has 0 aliphatic carbocycles. The Balaban J connectivity index is 2.15. The number of carbonyl (C=O) groups is 2. The first-order valence-electron chi connectivity index (χ1n) is 7.58. The summed E-state index contributed by atoms with van der Waals surface area (Å²) in [5.74, 6) is -2.24. The van der Waals surface area contributed by atoms with Gasteiger partial charge in [-0.2, -0.15) is 0 Å². The fraction of sp³-hybridized carbons (Fsp3) is 0.176. The maximum Gasteiger partial charge on any atom is 0.266 e. The van der Waals surface area contributed by atoms with Crippen LogP contribution in [0, 0.1) is 0 Å². The van der Waals surface area contributed by atoms with E-state index in [1.54, 1.807) is 12.1 Å². The molecule has 7 nitrogen and oxygen atoms in total. The third kappa shape index (κ3) is 5.58. The molecule has 2 aromatic rings. The van der Waals surface area contributed by atoms with E-state index in [-0.39, 0.29) is 4.90 Å². The minimum absolute atomic E-state index is 0.0241. The standard InChI is InChI=1S/C17H18N2O5S2/c1-12(20)18-16(17(21)19-22)11-26(23,24)15-9-7-14(8-10-15)25-13-5-3-2-4-6-13/h2-10,16,22H,11H2,1H3,(H,18,20)(H,19,21). The second-order valence-electron chi connectivity index (χ2n) is 5.40. The summed E-state index contributed by atoms with van der Waals surface area (Å²) in [4.78, 5) is 24.6. The minimum atomic E-state index is -3.85. The molecule has 0 fully saturated rings. The average molecular weight is 394 g/mol. The zero-order valence-electron chi connectivity index (χ0n) is 13.9. The summed E-state index contributed by atoms with van der Waals surface area (Å²) >= 11 is 1.49. The van der Waals surface area contributed by atoms with Gasteiger partial charge in [0.05, 0.1) is 10.6 Å². The molecule has 2 aromatic carbocycles. The van der Waals surface area contributed by atoms with Gasteiger partial charge in [-0.15, -0.1) is 0 Å². The molecule has 0 spiro atoms. The van der Waals surface area contributed by atoms with Gasteiger partial charge in [0.1, 0.15) is 6.04 Å². The quantitative estimate of drug-likeness (QED) is 0.486. The molecule has 0 aromatic heterocycles. The van der Waals surface area contributed by atoms with E-state index in [0.29, 0.717) is 0 Å². The van der Waals surface area contributed by atoms with Crippen molar-refractivity contribution in [3.8, 4) is 0 Å². The van der Waals surface area contributed by atoms with E-state index in [4.69, 9.17) is 5.21 Å². The molecule has 26 heavy (non-hydrogen) atoms. The number of amides is 2. The van der Waals surface area contributed by atoms with Crippen molar-refractivity contribution in [1.82, 2.24) is 10.8 Å². The van der Waals surface area contributed by atoms with Gasteiger partial charge in [-0.3, -0.25) is 14.8 Å². The fourth-order valence-corrected chi connectivity index (χ4v) is 4.42. The Kier molecular flexibility index (Phi) is 6.78. The first-order chi connectivity index (χ1) is 12.3. The lowest BCUT2D eigenvalue weighted by Crippen LogP contribution is -2.49. The lowest BCUT2D eigenvalue weighted by atomic mass is 10.3. The summed E-state index contributed by atoms with van der Waals surface area (Å²) in [5.41, 5.74) is 1.36. The van der Waals surface area contributed by atoms with Gasteiger partial charge in [-0.25, -0.2) is 13.9 Å². The highest BCUT2D eigenvalue weighted by atomic mass is 32.2. The molecule has 1 unspecified atom stereocenters. The van der Waals surface area contributed by atoms with Crippen LogP contribution in [0.25, 0.3) is 0 Å². The number of hydrogen-bond donors (Lipinski definition) is 3. The van der Waals surface area contributed by atoms with Crippen LogP contribution in [0.2, 0.25) is 0 Å². The number of carbonyl (C=O) groups excluding carboxylic acids is 2. The topological polar surface area (TPSA) is 113 Å². The van der Waals surface area contributed by atoms with Gasteiger partial charge in [0.15, 0.2) is 9.84 Å². The lowest BCUT2D eigenvalue weighted by Gasteiger charge is -2.16. The van der Waals surface area contributed by atoms with Crippen LogP contribution in [0.15, 0.2) is 69.3 Å². The molecule has 0 saturated heterocycles. The van der Waals surface area contributed by atoms with Crippen molar-refractivity contribution < 1.29 is 23.2 Å². The Hall–Kier alpha value is -2.36. The molecule has 2 rings (SSSR count). The molecular formula is C17H18N2O5S2. The van der Waals surface area contributed by atoms with Crippen LogP contribution in [0.4, 0.5) is 0 Å². The second kappa shape index (κ2) is 8.84. The van der Waals surface area contributed by atoms with Gasteiger partial charge < -0.3 is 5.32 Å². The highest BCUT2D eigenvalue weighted by Crippen LogP contribution is 2.28. The molecule has 0 saturated carbocycles. The molecule has 0 bridgehead atoms. The van der Waals surface area contributed by atoms with Crippen LogP contribution in [0.1, 0.15) is 6.92 Å². The van der Waals surface area contributed by atoms with Crippen LogP contribution in [0.3, 0.4) is 0 Å². The molecule has 0 heterocycles. The molecule has 9 heteroatoms. The Morgan fingerprint density at radius 2 is 1.62 bits per heavy atom. The van der Waals surface area contributed by atoms with Crippen molar-refractivity contribution in [2.75, 3.05) is 5.75 Å². The smallest absolute Gasteiger partial charge is 0.266 e. The first-order valence-corrected chi connectivity index (χ1v) is 10.1. The average Bonchev–Trinajstić information content (AvgIpc) is 2.61. The summed E-state index contributed by atoms with van der Waals surface area (Å²) in [6.07, 6.45) is 0. The van der Waals surface area contributed by atoms with Gasteiger partial charge in [-0.05, 0) is 36.4 Å². The van der Waals surface area contributed by atoms with Gasteiger partial charge in [0.25, 0.3) is 5.91 Å². The molecular weight excluding hydrogens is 376 g/mol. The Labute approximate surface area is 155 Å². The number of sulfone groups is 1. The number of rotatable bonds is 7. The van der Waals surface area contributed by atoms with Crippen LogP contribution >= 0.6 is 11.8 Å². The molecule has 0 aliphatic rings. The zero-order chi connectivity index (χ0) is 19.2. The lowest BCUT2D eigenvalue weighted by molar-refractivity contribution is -0.133. The predicted octanol–water partition coefficient (Wildman–Crippen LogP) is 1.62. The monoisotopic (exact) mass is 394 g/mol. The first kappa shape index (κ1) is 20.0. The molecule has 3 N–H and O–H groups in total. The van der Waals surface area contributed by atoms with Gasteiger partial charge >= 0.3 is 0 Å². The third-order valence-electron chi connectivity index (χ3n) is 3.35. The minimum Gasteiger partial charge on any atom is -0.343 e. The summed E-state index contributed by atoms with van der Waals surface area (Å²) in [6, 6.07) is 14.5. The van der Waals surface area contributed by atoms with E-state index in [1.165, 1.54) is 29.4 Å². The van der Waals surface area contributed by atoms with Crippen molar-refractivity contribution in [2.24, 2.45) is 0 Å². The third-order valence-corrected chi connectivity index (χ3v) is 6.13. The number of benzene rings is 2. The largest absolute Gasteiger partial charge is 0.343 e. The van der Waals surface area contributed by atoms with E-state index in [1.807, 2.05) is 30.3 Å².